The molecule has 1 rings (SSSR count). The summed E-state index contributed by atoms with van der Waals surface area (Å²) in [6.45, 7) is 0.407. The van der Waals surface area contributed by atoms with E-state index in [1.165, 1.54) is 0 Å². The lowest BCUT2D eigenvalue weighted by atomic mass is 10.2. The van der Waals surface area contributed by atoms with Gasteiger partial charge in [-0.1, -0.05) is 18.2 Å². The molecule has 0 amide bonds. The maximum atomic E-state index is 11.2. The molecule has 79 valence electrons. The molecule has 0 unspecified atom stereocenters. The number of rotatable bonds is 4. The number of carbonyl (C=O) groups is 2. The summed E-state index contributed by atoms with van der Waals surface area (Å²) in [6.07, 6.45) is 0. The summed E-state index contributed by atoms with van der Waals surface area (Å²) in [7, 11) is 0. The molecule has 0 saturated heterocycles. The SMILES string of the molecule is NCC(=O)O[CH]OC(=O)c1ccccc1. The van der Waals surface area contributed by atoms with E-state index in [1.54, 1.807) is 30.3 Å². The molecule has 0 spiro atoms. The van der Waals surface area contributed by atoms with Crippen LogP contribution in [0, 0.1) is 6.79 Å². The Morgan fingerprint density at radius 2 is 1.87 bits per heavy atom. The second-order valence-electron chi connectivity index (χ2n) is 2.56. The van der Waals surface area contributed by atoms with Gasteiger partial charge in [0.25, 0.3) is 0 Å². The van der Waals surface area contributed by atoms with Crippen molar-refractivity contribution in [2.45, 2.75) is 0 Å². The molecule has 2 N–H and O–H groups in total. The number of hydrogen-bond donors (Lipinski definition) is 1. The summed E-state index contributed by atoms with van der Waals surface area (Å²) in [5, 5.41) is 0. The first kappa shape index (κ1) is 11.2. The van der Waals surface area contributed by atoms with Crippen LogP contribution < -0.4 is 5.73 Å². The molecule has 15 heavy (non-hydrogen) atoms. The van der Waals surface area contributed by atoms with E-state index in [0.29, 0.717) is 12.4 Å². The Morgan fingerprint density at radius 3 is 2.47 bits per heavy atom. The number of nitrogens with two attached hydrogens (primary N) is 1. The minimum atomic E-state index is -0.670. The van der Waals surface area contributed by atoms with Crippen molar-refractivity contribution in [3.63, 3.8) is 0 Å². The average molecular weight is 208 g/mol. The Kier molecular flexibility index (Phi) is 4.30. The van der Waals surface area contributed by atoms with Gasteiger partial charge in [0.1, 0.15) is 0 Å². The van der Waals surface area contributed by atoms with Gasteiger partial charge >= 0.3 is 18.7 Å². The number of ether oxygens (including phenoxy) is 2. The third-order valence-electron chi connectivity index (χ3n) is 1.51. The van der Waals surface area contributed by atoms with Gasteiger partial charge in [-0.3, -0.25) is 4.79 Å². The summed E-state index contributed by atoms with van der Waals surface area (Å²) in [4.78, 5) is 21.8. The van der Waals surface area contributed by atoms with Gasteiger partial charge in [-0.2, -0.15) is 0 Å². The van der Waals surface area contributed by atoms with Crippen LogP contribution in [0.25, 0.3) is 0 Å². The van der Waals surface area contributed by atoms with Crippen LogP contribution in [0.15, 0.2) is 30.3 Å². The Morgan fingerprint density at radius 1 is 1.20 bits per heavy atom. The first-order chi connectivity index (χ1) is 7.24. The van der Waals surface area contributed by atoms with E-state index >= 15 is 0 Å². The van der Waals surface area contributed by atoms with Crippen molar-refractivity contribution in [3.05, 3.63) is 42.7 Å². The first-order valence-corrected chi connectivity index (χ1v) is 4.21. The highest BCUT2D eigenvalue weighted by Gasteiger charge is 2.07. The molecule has 0 saturated carbocycles. The molecule has 0 atom stereocenters. The predicted octanol–water partition coefficient (Wildman–Crippen LogP) is 0.465. The average Bonchev–Trinajstić information content (AvgIpc) is 2.29. The van der Waals surface area contributed by atoms with Gasteiger partial charge in [0.05, 0.1) is 12.1 Å². The zero-order valence-electron chi connectivity index (χ0n) is 7.88. The Hall–Kier alpha value is -1.88. The molecule has 0 aliphatic carbocycles. The van der Waals surface area contributed by atoms with Crippen molar-refractivity contribution < 1.29 is 19.1 Å². The fourth-order valence-corrected chi connectivity index (χ4v) is 0.812. The van der Waals surface area contributed by atoms with Crippen molar-refractivity contribution in [3.8, 4) is 0 Å². The van der Waals surface area contributed by atoms with E-state index in [4.69, 9.17) is 5.73 Å². The van der Waals surface area contributed by atoms with Crippen molar-refractivity contribution >= 4 is 11.9 Å². The maximum absolute atomic E-state index is 11.2. The highest BCUT2D eigenvalue weighted by molar-refractivity contribution is 5.89. The highest BCUT2D eigenvalue weighted by atomic mass is 16.7. The summed E-state index contributed by atoms with van der Waals surface area (Å²) >= 11 is 0. The molecule has 0 aromatic heterocycles. The number of benzene rings is 1. The van der Waals surface area contributed by atoms with Gasteiger partial charge in [0.2, 0.25) is 0 Å². The van der Waals surface area contributed by atoms with Crippen LogP contribution in [-0.4, -0.2) is 18.5 Å². The normalized spacial score (nSPS) is 9.40. The van der Waals surface area contributed by atoms with Gasteiger partial charge in [0.15, 0.2) is 0 Å². The number of hydrogen-bond acceptors (Lipinski definition) is 5. The lowest BCUT2D eigenvalue weighted by Gasteiger charge is -2.03. The van der Waals surface area contributed by atoms with Crippen LogP contribution in [0.4, 0.5) is 0 Å². The van der Waals surface area contributed by atoms with E-state index in [0.717, 1.165) is 0 Å². The van der Waals surface area contributed by atoms with Crippen LogP contribution in [0.5, 0.6) is 0 Å². The lowest BCUT2D eigenvalue weighted by Crippen LogP contribution is -2.17. The lowest BCUT2D eigenvalue weighted by molar-refractivity contribution is -0.142. The van der Waals surface area contributed by atoms with Crippen LogP contribution in [0.1, 0.15) is 10.4 Å². The van der Waals surface area contributed by atoms with E-state index in [1.807, 2.05) is 0 Å². The molecular weight excluding hydrogens is 198 g/mol. The molecule has 0 heterocycles. The van der Waals surface area contributed by atoms with Crippen molar-refractivity contribution in [2.24, 2.45) is 5.73 Å². The molecule has 5 heteroatoms. The minimum Gasteiger partial charge on any atom is -0.416 e. The van der Waals surface area contributed by atoms with Crippen LogP contribution in [0.3, 0.4) is 0 Å². The zero-order valence-corrected chi connectivity index (χ0v) is 7.88. The molecule has 0 bridgehead atoms. The van der Waals surface area contributed by atoms with Crippen LogP contribution >= 0.6 is 0 Å². The Labute approximate surface area is 86.8 Å². The standard InChI is InChI=1S/C10H10NO4/c11-6-9(12)14-7-15-10(13)8-4-2-1-3-5-8/h1-5,7H,6,11H2. The van der Waals surface area contributed by atoms with Crippen molar-refractivity contribution in [1.82, 2.24) is 0 Å². The summed E-state index contributed by atoms with van der Waals surface area (Å²) in [6, 6.07) is 8.34. The van der Waals surface area contributed by atoms with Crippen LogP contribution in [0.2, 0.25) is 0 Å². The topological polar surface area (TPSA) is 78.6 Å². The molecule has 0 aliphatic heterocycles. The molecule has 0 fully saturated rings. The van der Waals surface area contributed by atoms with E-state index in [2.05, 4.69) is 9.47 Å². The fourth-order valence-electron chi connectivity index (χ4n) is 0.812. The molecular formula is C10H10NO4. The third-order valence-corrected chi connectivity index (χ3v) is 1.51. The van der Waals surface area contributed by atoms with Crippen molar-refractivity contribution in [2.75, 3.05) is 6.54 Å². The molecule has 5 nitrogen and oxygen atoms in total. The van der Waals surface area contributed by atoms with Gasteiger partial charge in [-0.05, 0) is 12.1 Å². The third kappa shape index (κ3) is 3.78. The van der Waals surface area contributed by atoms with E-state index < -0.39 is 11.9 Å². The van der Waals surface area contributed by atoms with Gasteiger partial charge in [-0.15, -0.1) is 0 Å². The van der Waals surface area contributed by atoms with Gasteiger partial charge in [-0.25, -0.2) is 4.79 Å². The zero-order chi connectivity index (χ0) is 11.1. The monoisotopic (exact) mass is 208 g/mol. The molecule has 1 radical (unpaired) electrons. The number of carbonyl (C=O) groups excluding carboxylic acids is 2. The minimum absolute atomic E-state index is 0.264. The fraction of sp³-hybridized carbons (Fsp3) is 0.100. The quantitative estimate of drug-likeness (QED) is 0.727. The Balaban J connectivity index is 2.34. The van der Waals surface area contributed by atoms with Crippen molar-refractivity contribution in [1.29, 1.82) is 0 Å². The second kappa shape index (κ2) is 5.77. The Bertz CT molecular complexity index is 337. The summed E-state index contributed by atoms with van der Waals surface area (Å²) in [5.41, 5.74) is 5.34. The predicted molar refractivity (Wildman–Crippen MR) is 51.3 cm³/mol. The molecule has 1 aromatic rings. The second-order valence-corrected chi connectivity index (χ2v) is 2.56. The molecule has 0 aliphatic rings. The van der Waals surface area contributed by atoms with Gasteiger partial charge < -0.3 is 15.2 Å². The smallest absolute Gasteiger partial charge is 0.341 e. The summed E-state index contributed by atoms with van der Waals surface area (Å²) < 4.78 is 8.89. The first-order valence-electron chi connectivity index (χ1n) is 4.21. The van der Waals surface area contributed by atoms with Gasteiger partial charge in [0, 0.05) is 0 Å². The molecule has 1 aromatic carbocycles. The number of esters is 2. The van der Waals surface area contributed by atoms with Crippen LogP contribution in [-0.2, 0) is 14.3 Å². The summed E-state index contributed by atoms with van der Waals surface area (Å²) in [5.74, 6) is -1.27. The van der Waals surface area contributed by atoms with E-state index in [-0.39, 0.29) is 6.54 Å². The highest BCUT2D eigenvalue weighted by Crippen LogP contribution is 2.02. The van der Waals surface area contributed by atoms with E-state index in [9.17, 15) is 9.59 Å². The largest absolute Gasteiger partial charge is 0.416 e. The maximum Gasteiger partial charge on any atom is 0.341 e.